The van der Waals surface area contributed by atoms with Gasteiger partial charge in [-0.3, -0.25) is 14.9 Å². The van der Waals surface area contributed by atoms with Crippen molar-refractivity contribution in [3.8, 4) is 5.75 Å². The molecule has 2 amide bonds. The summed E-state index contributed by atoms with van der Waals surface area (Å²) in [6.07, 6.45) is 0. The number of halogens is 2. The Labute approximate surface area is 164 Å². The molecule has 144 valence electrons. The minimum absolute atomic E-state index is 0.0861. The van der Waals surface area contributed by atoms with Gasteiger partial charge in [0.1, 0.15) is 22.6 Å². The minimum atomic E-state index is -0.949. The fourth-order valence-electron chi connectivity index (χ4n) is 2.20. The summed E-state index contributed by atoms with van der Waals surface area (Å²) < 4.78 is 15.5. The van der Waals surface area contributed by atoms with Gasteiger partial charge < -0.3 is 19.6 Å². The van der Waals surface area contributed by atoms with Gasteiger partial charge in [-0.2, -0.15) is 0 Å². The maximum absolute atomic E-state index is 12.1. The van der Waals surface area contributed by atoms with Crippen LogP contribution in [0.25, 0.3) is 0 Å². The Morgan fingerprint density at radius 3 is 2.48 bits per heavy atom. The summed E-state index contributed by atoms with van der Waals surface area (Å²) in [6, 6.07) is 4.50. The number of carbonyl (C=O) groups excluding carboxylic acids is 3. The van der Waals surface area contributed by atoms with E-state index in [0.29, 0.717) is 10.8 Å². The van der Waals surface area contributed by atoms with Crippen LogP contribution in [0.2, 0.25) is 10.0 Å². The van der Waals surface area contributed by atoms with Crippen LogP contribution in [0.3, 0.4) is 0 Å². The third-order valence-electron chi connectivity index (χ3n) is 3.32. The third kappa shape index (κ3) is 4.93. The molecular weight excluding hydrogens is 399 g/mol. The molecule has 0 saturated heterocycles. The molecular formula is C17H16Cl2N2O6. The fourth-order valence-corrected chi connectivity index (χ4v) is 2.48. The number of aryl methyl sites for hydroxylation is 1. The summed E-state index contributed by atoms with van der Waals surface area (Å²) in [4.78, 5) is 35.9. The van der Waals surface area contributed by atoms with Crippen LogP contribution in [0.1, 0.15) is 33.4 Å². The number of esters is 1. The molecule has 10 heteroatoms. The number of anilines is 1. The van der Waals surface area contributed by atoms with Gasteiger partial charge in [-0.25, -0.2) is 4.79 Å². The van der Waals surface area contributed by atoms with E-state index in [1.807, 2.05) is 0 Å². The first kappa shape index (κ1) is 20.6. The van der Waals surface area contributed by atoms with Crippen LogP contribution in [0.5, 0.6) is 5.75 Å². The van der Waals surface area contributed by atoms with Crippen molar-refractivity contribution < 1.29 is 28.3 Å². The topological polar surface area (TPSA) is 121 Å². The molecule has 0 spiro atoms. The normalized spacial score (nSPS) is 10.4. The molecule has 0 unspecified atom stereocenters. The van der Waals surface area contributed by atoms with Crippen molar-refractivity contribution in [2.45, 2.75) is 13.8 Å². The number of hydrogen-bond donors (Lipinski definition) is 2. The highest BCUT2D eigenvalue weighted by Gasteiger charge is 2.29. The fraction of sp³-hybridized carbons (Fsp3) is 0.235. The molecule has 1 aromatic carbocycles. The van der Waals surface area contributed by atoms with Gasteiger partial charge in [-0.1, -0.05) is 23.2 Å². The molecule has 0 radical (unpaired) electrons. The summed E-state index contributed by atoms with van der Waals surface area (Å²) in [7, 11) is 0. The smallest absolute Gasteiger partial charge is 0.342 e. The van der Waals surface area contributed by atoms with Gasteiger partial charge in [0.05, 0.1) is 16.7 Å². The molecule has 0 aliphatic rings. The van der Waals surface area contributed by atoms with Crippen LogP contribution in [0.4, 0.5) is 5.88 Å². The molecule has 0 saturated carbocycles. The van der Waals surface area contributed by atoms with Gasteiger partial charge in [0.2, 0.25) is 5.88 Å². The zero-order chi connectivity index (χ0) is 20.1. The van der Waals surface area contributed by atoms with E-state index in [4.69, 9.17) is 42.8 Å². The molecule has 0 aliphatic carbocycles. The Kier molecular flexibility index (Phi) is 6.70. The molecule has 3 N–H and O–H groups in total. The zero-order valence-electron chi connectivity index (χ0n) is 14.4. The molecule has 0 aliphatic heterocycles. The van der Waals surface area contributed by atoms with Crippen molar-refractivity contribution in [3.63, 3.8) is 0 Å². The average Bonchev–Trinajstić information content (AvgIpc) is 2.92. The van der Waals surface area contributed by atoms with E-state index in [1.165, 1.54) is 25.1 Å². The lowest BCUT2D eigenvalue weighted by molar-refractivity contribution is -0.118. The lowest BCUT2D eigenvalue weighted by Crippen LogP contribution is -2.23. The maximum Gasteiger partial charge on any atom is 0.342 e. The van der Waals surface area contributed by atoms with Gasteiger partial charge in [-0.15, -0.1) is 0 Å². The average molecular weight is 415 g/mol. The van der Waals surface area contributed by atoms with Crippen LogP contribution in [-0.4, -0.2) is 31.0 Å². The Balaban J connectivity index is 2.15. The Hall–Kier alpha value is -2.71. The highest BCUT2D eigenvalue weighted by molar-refractivity contribution is 6.42. The third-order valence-corrected chi connectivity index (χ3v) is 4.06. The second-order valence-electron chi connectivity index (χ2n) is 5.23. The van der Waals surface area contributed by atoms with E-state index in [-0.39, 0.29) is 34.4 Å². The van der Waals surface area contributed by atoms with Gasteiger partial charge in [0.15, 0.2) is 6.61 Å². The standard InChI is InChI=1S/C17H16Cl2N2O6/c1-3-25-17(24)13-8(2)27-16(14(13)15(20)23)21-12(22)7-26-9-4-5-10(18)11(19)6-9/h4-6H,3,7H2,1-2H3,(H2,20,23)(H,21,22). The first-order chi connectivity index (χ1) is 12.7. The van der Waals surface area contributed by atoms with E-state index < -0.39 is 24.4 Å². The highest BCUT2D eigenvalue weighted by Crippen LogP contribution is 2.28. The molecule has 27 heavy (non-hydrogen) atoms. The summed E-state index contributed by atoms with van der Waals surface area (Å²) >= 11 is 11.7. The lowest BCUT2D eigenvalue weighted by Gasteiger charge is -2.07. The van der Waals surface area contributed by atoms with Crippen molar-refractivity contribution in [3.05, 3.63) is 45.1 Å². The number of carbonyl (C=O) groups is 3. The molecule has 2 rings (SSSR count). The van der Waals surface area contributed by atoms with E-state index >= 15 is 0 Å². The van der Waals surface area contributed by atoms with Crippen LogP contribution in [0, 0.1) is 6.92 Å². The quantitative estimate of drug-likeness (QED) is 0.670. The van der Waals surface area contributed by atoms with Crippen LogP contribution < -0.4 is 15.8 Å². The molecule has 2 aromatic rings. The molecule has 1 aromatic heterocycles. The summed E-state index contributed by atoms with van der Waals surface area (Å²) in [6.45, 7) is 2.74. The number of amides is 2. The molecule has 0 atom stereocenters. The van der Waals surface area contributed by atoms with Crippen molar-refractivity contribution in [2.75, 3.05) is 18.5 Å². The van der Waals surface area contributed by atoms with E-state index in [2.05, 4.69) is 5.32 Å². The highest BCUT2D eigenvalue weighted by atomic mass is 35.5. The van der Waals surface area contributed by atoms with Crippen molar-refractivity contribution >= 4 is 46.9 Å². The van der Waals surface area contributed by atoms with Crippen LogP contribution in [0.15, 0.2) is 22.6 Å². The predicted octanol–water partition coefficient (Wildman–Crippen LogP) is 3.19. The maximum atomic E-state index is 12.1. The lowest BCUT2D eigenvalue weighted by atomic mass is 10.1. The summed E-state index contributed by atoms with van der Waals surface area (Å²) in [5, 5.41) is 2.96. The van der Waals surface area contributed by atoms with Crippen LogP contribution in [-0.2, 0) is 9.53 Å². The SMILES string of the molecule is CCOC(=O)c1c(C)oc(NC(=O)COc2ccc(Cl)c(Cl)c2)c1C(N)=O. The van der Waals surface area contributed by atoms with Gasteiger partial charge in [0, 0.05) is 6.07 Å². The number of rotatable bonds is 7. The monoisotopic (exact) mass is 414 g/mol. The Morgan fingerprint density at radius 1 is 1.19 bits per heavy atom. The number of ether oxygens (including phenoxy) is 2. The van der Waals surface area contributed by atoms with Gasteiger partial charge in [-0.05, 0) is 26.0 Å². The molecule has 0 fully saturated rings. The number of hydrogen-bond acceptors (Lipinski definition) is 6. The second-order valence-corrected chi connectivity index (χ2v) is 6.05. The minimum Gasteiger partial charge on any atom is -0.484 e. The number of nitrogens with one attached hydrogen (secondary N) is 1. The molecule has 8 nitrogen and oxygen atoms in total. The van der Waals surface area contributed by atoms with Crippen molar-refractivity contribution in [1.29, 1.82) is 0 Å². The number of nitrogens with two attached hydrogens (primary N) is 1. The molecule has 1 heterocycles. The van der Waals surface area contributed by atoms with Gasteiger partial charge >= 0.3 is 5.97 Å². The van der Waals surface area contributed by atoms with Crippen molar-refractivity contribution in [2.24, 2.45) is 5.73 Å². The summed E-state index contributed by atoms with van der Waals surface area (Å²) in [5.41, 5.74) is 4.91. The number of primary amides is 1. The second kappa shape index (κ2) is 8.79. The largest absolute Gasteiger partial charge is 0.484 e. The van der Waals surface area contributed by atoms with Crippen molar-refractivity contribution in [1.82, 2.24) is 0 Å². The Morgan fingerprint density at radius 2 is 1.89 bits per heavy atom. The zero-order valence-corrected chi connectivity index (χ0v) is 15.9. The van der Waals surface area contributed by atoms with E-state index in [0.717, 1.165) is 0 Å². The Bertz CT molecular complexity index is 894. The number of benzene rings is 1. The first-order valence-electron chi connectivity index (χ1n) is 7.72. The summed E-state index contributed by atoms with van der Waals surface area (Å²) in [5.74, 6) is -2.23. The van der Waals surface area contributed by atoms with Crippen LogP contribution >= 0.6 is 23.2 Å². The number of furan rings is 1. The first-order valence-corrected chi connectivity index (χ1v) is 8.48. The molecule has 0 bridgehead atoms. The van der Waals surface area contributed by atoms with Gasteiger partial charge in [0.25, 0.3) is 11.8 Å². The predicted molar refractivity (Wildman–Crippen MR) is 98.5 cm³/mol. The van der Waals surface area contributed by atoms with E-state index in [1.54, 1.807) is 6.92 Å². The van der Waals surface area contributed by atoms with E-state index in [9.17, 15) is 14.4 Å².